The Balaban J connectivity index is 1.77. The highest BCUT2D eigenvalue weighted by atomic mass is 79.9. The summed E-state index contributed by atoms with van der Waals surface area (Å²) in [7, 11) is 0. The van der Waals surface area contributed by atoms with E-state index < -0.39 is 0 Å². The molecule has 0 atom stereocenters. The van der Waals surface area contributed by atoms with Crippen LogP contribution in [0.1, 0.15) is 22.3 Å². The highest BCUT2D eigenvalue weighted by molar-refractivity contribution is 9.10. The van der Waals surface area contributed by atoms with Gasteiger partial charge >= 0.3 is 0 Å². The Labute approximate surface area is 128 Å². The molecule has 0 unspecified atom stereocenters. The zero-order valence-electron chi connectivity index (χ0n) is 11.7. The Kier molecular flexibility index (Phi) is 3.81. The Morgan fingerprint density at radius 3 is 2.90 bits per heavy atom. The summed E-state index contributed by atoms with van der Waals surface area (Å²) in [6, 6.07) is 12.9. The number of hydrogen-bond donors (Lipinski definition) is 1. The fourth-order valence-electron chi connectivity index (χ4n) is 2.86. The lowest BCUT2D eigenvalue weighted by molar-refractivity contribution is 0.246. The van der Waals surface area contributed by atoms with Crippen LogP contribution in [0.4, 0.5) is 5.69 Å². The van der Waals surface area contributed by atoms with E-state index in [1.807, 2.05) is 6.07 Å². The molecule has 2 aromatic carbocycles. The molecule has 0 saturated heterocycles. The summed E-state index contributed by atoms with van der Waals surface area (Å²) in [6.45, 7) is 5.18. The van der Waals surface area contributed by atoms with Gasteiger partial charge in [-0.25, -0.2) is 0 Å². The van der Waals surface area contributed by atoms with Gasteiger partial charge < -0.3 is 5.73 Å². The predicted octanol–water partition coefficient (Wildman–Crippen LogP) is 3.90. The molecule has 0 spiro atoms. The van der Waals surface area contributed by atoms with Crippen molar-refractivity contribution in [1.29, 1.82) is 0 Å². The molecule has 2 nitrogen and oxygen atoms in total. The third kappa shape index (κ3) is 2.74. The van der Waals surface area contributed by atoms with Crippen LogP contribution < -0.4 is 5.73 Å². The number of aryl methyl sites for hydroxylation is 1. The maximum absolute atomic E-state index is 6.11. The maximum atomic E-state index is 6.11. The maximum Gasteiger partial charge on any atom is 0.0362 e. The molecule has 0 fully saturated rings. The summed E-state index contributed by atoms with van der Waals surface area (Å²) in [5, 5.41) is 0. The minimum Gasteiger partial charge on any atom is -0.398 e. The highest BCUT2D eigenvalue weighted by Crippen LogP contribution is 2.26. The lowest BCUT2D eigenvalue weighted by atomic mass is 9.97. The molecular formula is C17H19BrN2. The second-order valence-electron chi connectivity index (χ2n) is 5.53. The summed E-state index contributed by atoms with van der Waals surface area (Å²) in [5.74, 6) is 0. The Hall–Kier alpha value is -1.32. The summed E-state index contributed by atoms with van der Waals surface area (Å²) in [6.07, 6.45) is 1.09. The number of rotatable bonds is 2. The number of fused-ring (bicyclic) bond motifs is 1. The van der Waals surface area contributed by atoms with Crippen LogP contribution in [0, 0.1) is 6.92 Å². The molecule has 3 heteroatoms. The van der Waals surface area contributed by atoms with Crippen molar-refractivity contribution in [3.05, 3.63) is 63.1 Å². The fraction of sp³-hybridized carbons (Fsp3) is 0.294. The van der Waals surface area contributed by atoms with Gasteiger partial charge in [-0.3, -0.25) is 4.90 Å². The van der Waals surface area contributed by atoms with Gasteiger partial charge in [0.2, 0.25) is 0 Å². The predicted molar refractivity (Wildman–Crippen MR) is 87.6 cm³/mol. The topological polar surface area (TPSA) is 29.3 Å². The lowest BCUT2D eigenvalue weighted by Gasteiger charge is -2.29. The summed E-state index contributed by atoms with van der Waals surface area (Å²) >= 11 is 3.56. The van der Waals surface area contributed by atoms with Crippen molar-refractivity contribution in [3.63, 3.8) is 0 Å². The van der Waals surface area contributed by atoms with Crippen molar-refractivity contribution in [2.45, 2.75) is 26.4 Å². The standard InChI is InChI=1S/C17H19BrN2/c1-12-9-13(5-6-16(12)18)10-20-8-7-14-3-2-4-17(19)15(14)11-20/h2-6,9H,7-8,10-11,19H2,1H3. The quantitative estimate of drug-likeness (QED) is 0.846. The van der Waals surface area contributed by atoms with Gasteiger partial charge in [-0.15, -0.1) is 0 Å². The number of halogens is 1. The first-order valence-electron chi connectivity index (χ1n) is 6.97. The van der Waals surface area contributed by atoms with E-state index in [4.69, 9.17) is 5.73 Å². The van der Waals surface area contributed by atoms with Gasteiger partial charge in [0, 0.05) is 29.8 Å². The van der Waals surface area contributed by atoms with Gasteiger partial charge in [0.1, 0.15) is 0 Å². The van der Waals surface area contributed by atoms with Crippen LogP contribution in [0.5, 0.6) is 0 Å². The Morgan fingerprint density at radius 1 is 1.25 bits per heavy atom. The van der Waals surface area contributed by atoms with Crippen LogP contribution in [0.25, 0.3) is 0 Å². The van der Waals surface area contributed by atoms with E-state index in [-0.39, 0.29) is 0 Å². The fourth-order valence-corrected chi connectivity index (χ4v) is 3.11. The highest BCUT2D eigenvalue weighted by Gasteiger charge is 2.18. The lowest BCUT2D eigenvalue weighted by Crippen LogP contribution is -2.30. The first-order valence-corrected chi connectivity index (χ1v) is 7.76. The normalized spacial score (nSPS) is 15.1. The van der Waals surface area contributed by atoms with Gasteiger partial charge in [0.05, 0.1) is 0 Å². The van der Waals surface area contributed by atoms with Crippen LogP contribution in [0.2, 0.25) is 0 Å². The zero-order chi connectivity index (χ0) is 14.1. The summed E-state index contributed by atoms with van der Waals surface area (Å²) < 4.78 is 1.18. The number of anilines is 1. The van der Waals surface area contributed by atoms with Crippen LogP contribution in [0.15, 0.2) is 40.9 Å². The van der Waals surface area contributed by atoms with Gasteiger partial charge in [0.25, 0.3) is 0 Å². The molecule has 1 aliphatic heterocycles. The monoisotopic (exact) mass is 330 g/mol. The van der Waals surface area contributed by atoms with E-state index in [1.54, 1.807) is 0 Å². The molecule has 104 valence electrons. The molecule has 0 saturated carbocycles. The second-order valence-corrected chi connectivity index (χ2v) is 6.38. The van der Waals surface area contributed by atoms with Crippen LogP contribution in [0.3, 0.4) is 0 Å². The van der Waals surface area contributed by atoms with E-state index >= 15 is 0 Å². The molecule has 0 aromatic heterocycles. The molecule has 20 heavy (non-hydrogen) atoms. The van der Waals surface area contributed by atoms with Crippen molar-refractivity contribution in [1.82, 2.24) is 4.90 Å². The molecule has 2 N–H and O–H groups in total. The summed E-state index contributed by atoms with van der Waals surface area (Å²) in [4.78, 5) is 2.47. The Bertz CT molecular complexity index is 637. The molecule has 0 aliphatic carbocycles. The Morgan fingerprint density at radius 2 is 2.10 bits per heavy atom. The van der Waals surface area contributed by atoms with Crippen molar-refractivity contribution in [3.8, 4) is 0 Å². The third-order valence-corrected chi connectivity index (χ3v) is 4.91. The molecule has 0 radical (unpaired) electrons. The number of nitrogen functional groups attached to an aromatic ring is 1. The van der Waals surface area contributed by atoms with Gasteiger partial charge in [0.15, 0.2) is 0 Å². The SMILES string of the molecule is Cc1cc(CN2CCc3cccc(N)c3C2)ccc1Br. The van der Waals surface area contributed by atoms with Gasteiger partial charge in [-0.1, -0.05) is 40.2 Å². The summed E-state index contributed by atoms with van der Waals surface area (Å²) in [5.41, 5.74) is 12.4. The second kappa shape index (κ2) is 5.58. The zero-order valence-corrected chi connectivity index (χ0v) is 13.3. The van der Waals surface area contributed by atoms with Crippen LogP contribution in [-0.4, -0.2) is 11.4 Å². The molecule has 3 rings (SSSR count). The molecule has 0 amide bonds. The first kappa shape index (κ1) is 13.7. The number of nitrogens with two attached hydrogens (primary N) is 1. The molecule has 1 aliphatic rings. The van der Waals surface area contributed by atoms with Gasteiger partial charge in [-0.05, 0) is 47.7 Å². The minimum absolute atomic E-state index is 0.930. The van der Waals surface area contributed by atoms with E-state index in [1.165, 1.54) is 26.7 Å². The third-order valence-electron chi connectivity index (χ3n) is 4.02. The smallest absolute Gasteiger partial charge is 0.0362 e. The van der Waals surface area contributed by atoms with Crippen molar-refractivity contribution < 1.29 is 0 Å². The van der Waals surface area contributed by atoms with Crippen LogP contribution >= 0.6 is 15.9 Å². The molecule has 2 aromatic rings. The van der Waals surface area contributed by atoms with E-state index in [0.717, 1.165) is 31.7 Å². The molecular weight excluding hydrogens is 312 g/mol. The molecule has 0 bridgehead atoms. The average molecular weight is 331 g/mol. The van der Waals surface area contributed by atoms with Crippen molar-refractivity contribution in [2.24, 2.45) is 0 Å². The average Bonchev–Trinajstić information content (AvgIpc) is 2.44. The van der Waals surface area contributed by atoms with E-state index in [9.17, 15) is 0 Å². The number of benzene rings is 2. The largest absolute Gasteiger partial charge is 0.398 e. The van der Waals surface area contributed by atoms with Crippen molar-refractivity contribution >= 4 is 21.6 Å². The number of hydrogen-bond acceptors (Lipinski definition) is 2. The van der Waals surface area contributed by atoms with Crippen LogP contribution in [-0.2, 0) is 19.5 Å². The first-order chi connectivity index (χ1) is 9.63. The van der Waals surface area contributed by atoms with Crippen molar-refractivity contribution in [2.75, 3.05) is 12.3 Å². The van der Waals surface area contributed by atoms with E-state index in [0.29, 0.717) is 0 Å². The minimum atomic E-state index is 0.930. The molecule has 1 heterocycles. The van der Waals surface area contributed by atoms with Gasteiger partial charge in [-0.2, -0.15) is 0 Å². The van der Waals surface area contributed by atoms with E-state index in [2.05, 4.69) is 58.1 Å². The number of nitrogens with zero attached hydrogens (tertiary/aromatic N) is 1.